The molecule has 0 unspecified atom stereocenters. The highest BCUT2D eigenvalue weighted by Crippen LogP contribution is 2.25. The van der Waals surface area contributed by atoms with E-state index in [0.717, 1.165) is 28.8 Å². The molecule has 0 aromatic heterocycles. The van der Waals surface area contributed by atoms with Gasteiger partial charge < -0.3 is 10.2 Å². The van der Waals surface area contributed by atoms with Crippen molar-refractivity contribution in [1.82, 2.24) is 5.32 Å². The van der Waals surface area contributed by atoms with Crippen molar-refractivity contribution in [3.05, 3.63) is 64.2 Å². The zero-order valence-electron chi connectivity index (χ0n) is 15.5. The van der Waals surface area contributed by atoms with Crippen LogP contribution in [0.5, 0.6) is 0 Å². The minimum absolute atomic E-state index is 0.0166. The number of para-hydroxylation sites is 1. The number of rotatable bonds is 7. The van der Waals surface area contributed by atoms with Gasteiger partial charge in [-0.1, -0.05) is 48.9 Å². The molecule has 2 amide bonds. The summed E-state index contributed by atoms with van der Waals surface area (Å²) in [6.45, 7) is 6.01. The molecule has 0 saturated carbocycles. The monoisotopic (exact) mass is 372 g/mol. The molecule has 0 aliphatic carbocycles. The molecule has 0 spiro atoms. The Morgan fingerprint density at radius 2 is 1.88 bits per heavy atom. The van der Waals surface area contributed by atoms with Crippen LogP contribution < -0.4 is 10.2 Å². The van der Waals surface area contributed by atoms with Gasteiger partial charge in [-0.15, -0.1) is 0 Å². The van der Waals surface area contributed by atoms with E-state index in [-0.39, 0.29) is 18.4 Å². The number of carbonyl (C=O) groups excluding carboxylic acids is 2. The van der Waals surface area contributed by atoms with Crippen LogP contribution in [0, 0.1) is 6.92 Å². The molecule has 0 aliphatic heterocycles. The molecule has 26 heavy (non-hydrogen) atoms. The molecule has 0 heterocycles. The first-order valence-corrected chi connectivity index (χ1v) is 9.18. The third-order valence-corrected chi connectivity index (χ3v) is 4.51. The third kappa shape index (κ3) is 5.33. The summed E-state index contributed by atoms with van der Waals surface area (Å²) in [5.41, 5.74) is 3.96. The molecule has 4 nitrogen and oxygen atoms in total. The first kappa shape index (κ1) is 20.0. The van der Waals surface area contributed by atoms with Gasteiger partial charge in [0.2, 0.25) is 11.8 Å². The van der Waals surface area contributed by atoms with Crippen molar-refractivity contribution in [3.8, 4) is 0 Å². The van der Waals surface area contributed by atoms with Crippen molar-refractivity contribution in [3.63, 3.8) is 0 Å². The van der Waals surface area contributed by atoms with E-state index in [1.54, 1.807) is 4.90 Å². The van der Waals surface area contributed by atoms with Crippen molar-refractivity contribution in [2.45, 2.75) is 33.6 Å². The van der Waals surface area contributed by atoms with Crippen molar-refractivity contribution in [2.24, 2.45) is 0 Å². The number of carbonyl (C=O) groups is 2. The van der Waals surface area contributed by atoms with Gasteiger partial charge in [0.25, 0.3) is 0 Å². The summed E-state index contributed by atoms with van der Waals surface area (Å²) >= 11 is 5.97. The maximum atomic E-state index is 12.4. The van der Waals surface area contributed by atoms with E-state index in [1.807, 2.05) is 56.3 Å². The highest BCUT2D eigenvalue weighted by Gasteiger charge is 2.19. The Labute approximate surface area is 160 Å². The second-order valence-corrected chi connectivity index (χ2v) is 6.71. The number of benzene rings is 2. The van der Waals surface area contributed by atoms with Gasteiger partial charge >= 0.3 is 0 Å². The molecular weight excluding hydrogens is 348 g/mol. The predicted molar refractivity (Wildman–Crippen MR) is 107 cm³/mol. The minimum atomic E-state index is -0.174. The quantitative estimate of drug-likeness (QED) is 0.800. The second-order valence-electron chi connectivity index (χ2n) is 6.27. The SMILES string of the molecule is CCc1cccc(C)c1N(CC(=O)NCCc1cccc(Cl)c1)C(C)=O. The average Bonchev–Trinajstić information content (AvgIpc) is 2.59. The number of anilines is 1. The van der Waals surface area contributed by atoms with Gasteiger partial charge in [0.05, 0.1) is 5.69 Å². The van der Waals surface area contributed by atoms with Crippen LogP contribution in [0.3, 0.4) is 0 Å². The third-order valence-electron chi connectivity index (χ3n) is 4.28. The summed E-state index contributed by atoms with van der Waals surface area (Å²) in [5, 5.41) is 3.57. The predicted octanol–water partition coefficient (Wildman–Crippen LogP) is 3.92. The standard InChI is InChI=1S/C21H25ClN2O2/c1-4-18-9-5-7-15(2)21(18)24(16(3)25)14-20(26)23-12-11-17-8-6-10-19(22)13-17/h5-10,13H,4,11-12,14H2,1-3H3,(H,23,26). The van der Waals surface area contributed by atoms with Crippen molar-refractivity contribution in [1.29, 1.82) is 0 Å². The lowest BCUT2D eigenvalue weighted by Gasteiger charge is -2.25. The maximum Gasteiger partial charge on any atom is 0.240 e. The van der Waals surface area contributed by atoms with Gasteiger partial charge in [0.1, 0.15) is 6.54 Å². The molecule has 5 heteroatoms. The summed E-state index contributed by atoms with van der Waals surface area (Å²) in [4.78, 5) is 26.1. The molecule has 2 aromatic rings. The molecule has 1 N–H and O–H groups in total. The number of halogens is 1. The van der Waals surface area contributed by atoms with Gasteiger partial charge in [-0.2, -0.15) is 0 Å². The summed E-state index contributed by atoms with van der Waals surface area (Å²) in [5.74, 6) is -0.313. The summed E-state index contributed by atoms with van der Waals surface area (Å²) in [7, 11) is 0. The largest absolute Gasteiger partial charge is 0.354 e. The highest BCUT2D eigenvalue weighted by molar-refractivity contribution is 6.30. The molecule has 0 aliphatic rings. The van der Waals surface area contributed by atoms with Gasteiger partial charge in [-0.25, -0.2) is 0 Å². The lowest BCUT2D eigenvalue weighted by atomic mass is 10.0. The van der Waals surface area contributed by atoms with E-state index in [0.29, 0.717) is 18.0 Å². The Kier molecular flexibility index (Phi) is 7.22. The van der Waals surface area contributed by atoms with Crippen molar-refractivity contribution in [2.75, 3.05) is 18.0 Å². The fourth-order valence-corrected chi connectivity index (χ4v) is 3.19. The van der Waals surface area contributed by atoms with Crippen LogP contribution in [0.4, 0.5) is 5.69 Å². The van der Waals surface area contributed by atoms with Gasteiger partial charge in [0, 0.05) is 18.5 Å². The Bertz CT molecular complexity index is 789. The summed E-state index contributed by atoms with van der Waals surface area (Å²) in [6, 6.07) is 13.5. The van der Waals surface area contributed by atoms with Crippen LogP contribution in [-0.4, -0.2) is 24.9 Å². The zero-order chi connectivity index (χ0) is 19.1. The molecule has 0 atom stereocenters. The molecule has 0 fully saturated rings. The van der Waals surface area contributed by atoms with E-state index in [1.165, 1.54) is 6.92 Å². The summed E-state index contributed by atoms with van der Waals surface area (Å²) in [6.07, 6.45) is 1.49. The van der Waals surface area contributed by atoms with E-state index in [9.17, 15) is 9.59 Å². The topological polar surface area (TPSA) is 49.4 Å². The number of hydrogen-bond donors (Lipinski definition) is 1. The van der Waals surface area contributed by atoms with Gasteiger partial charge in [-0.3, -0.25) is 9.59 Å². The normalized spacial score (nSPS) is 10.5. The van der Waals surface area contributed by atoms with Crippen molar-refractivity contribution >= 4 is 29.1 Å². The number of hydrogen-bond acceptors (Lipinski definition) is 2. The number of nitrogens with zero attached hydrogens (tertiary/aromatic N) is 1. The van der Waals surface area contributed by atoms with Crippen LogP contribution >= 0.6 is 11.6 Å². The lowest BCUT2D eigenvalue weighted by molar-refractivity contribution is -0.123. The van der Waals surface area contributed by atoms with Gasteiger partial charge in [0.15, 0.2) is 0 Å². The average molecular weight is 373 g/mol. The summed E-state index contributed by atoms with van der Waals surface area (Å²) < 4.78 is 0. The molecular formula is C21H25ClN2O2. The van der Waals surface area contributed by atoms with Crippen LogP contribution in [0.25, 0.3) is 0 Å². The Hall–Kier alpha value is -2.33. The van der Waals surface area contributed by atoms with E-state index < -0.39 is 0 Å². The van der Waals surface area contributed by atoms with Crippen LogP contribution in [0.2, 0.25) is 5.02 Å². The molecule has 0 bridgehead atoms. The fraction of sp³-hybridized carbons (Fsp3) is 0.333. The number of nitrogens with one attached hydrogen (secondary N) is 1. The molecule has 0 saturated heterocycles. The molecule has 138 valence electrons. The second kappa shape index (κ2) is 9.39. The smallest absolute Gasteiger partial charge is 0.240 e. The van der Waals surface area contributed by atoms with E-state index >= 15 is 0 Å². The Morgan fingerprint density at radius 1 is 1.15 bits per heavy atom. The zero-order valence-corrected chi connectivity index (χ0v) is 16.3. The maximum absolute atomic E-state index is 12.4. The van der Waals surface area contributed by atoms with Gasteiger partial charge in [-0.05, 0) is 48.6 Å². The minimum Gasteiger partial charge on any atom is -0.354 e. The first-order chi connectivity index (χ1) is 12.4. The highest BCUT2D eigenvalue weighted by atomic mass is 35.5. The van der Waals surface area contributed by atoms with E-state index in [2.05, 4.69) is 5.32 Å². The fourth-order valence-electron chi connectivity index (χ4n) is 2.98. The Morgan fingerprint density at radius 3 is 2.54 bits per heavy atom. The molecule has 2 rings (SSSR count). The first-order valence-electron chi connectivity index (χ1n) is 8.80. The lowest BCUT2D eigenvalue weighted by Crippen LogP contribution is -2.41. The molecule has 0 radical (unpaired) electrons. The number of aryl methyl sites for hydroxylation is 2. The molecule has 2 aromatic carbocycles. The number of amides is 2. The van der Waals surface area contributed by atoms with Crippen LogP contribution in [0.15, 0.2) is 42.5 Å². The van der Waals surface area contributed by atoms with Crippen LogP contribution in [-0.2, 0) is 22.4 Å². The van der Waals surface area contributed by atoms with Crippen molar-refractivity contribution < 1.29 is 9.59 Å². The van der Waals surface area contributed by atoms with Crippen LogP contribution in [0.1, 0.15) is 30.5 Å². The Balaban J connectivity index is 2.02. The van der Waals surface area contributed by atoms with E-state index in [4.69, 9.17) is 11.6 Å².